The molecule has 0 saturated carbocycles. The number of hydrogen-bond donors (Lipinski definition) is 2. The number of nitrogens with one attached hydrogen (secondary N) is 1. The first-order valence-electron chi connectivity index (χ1n) is 6.72. The molecule has 2 amide bonds. The van der Waals surface area contributed by atoms with E-state index < -0.39 is 11.9 Å². The molecule has 1 aromatic rings. The van der Waals surface area contributed by atoms with Crippen molar-refractivity contribution in [1.82, 2.24) is 19.9 Å². The van der Waals surface area contributed by atoms with Crippen molar-refractivity contribution in [2.75, 3.05) is 32.6 Å². The molecule has 120 valence electrons. The fraction of sp³-hybridized carbons (Fsp3) is 0.583. The zero-order valence-electron chi connectivity index (χ0n) is 12.4. The summed E-state index contributed by atoms with van der Waals surface area (Å²) in [7, 11) is 2.82. The third kappa shape index (κ3) is 3.51. The number of ether oxygens (including phenoxy) is 2. The van der Waals surface area contributed by atoms with Gasteiger partial charge in [0.25, 0.3) is 0 Å². The second-order valence-corrected chi connectivity index (χ2v) is 4.63. The summed E-state index contributed by atoms with van der Waals surface area (Å²) in [5.74, 6) is -0.596. The van der Waals surface area contributed by atoms with Crippen LogP contribution in [0.4, 0.5) is 5.95 Å². The van der Waals surface area contributed by atoms with Crippen molar-refractivity contribution in [2.24, 2.45) is 5.73 Å². The van der Waals surface area contributed by atoms with E-state index >= 15 is 0 Å². The van der Waals surface area contributed by atoms with Crippen LogP contribution in [0.15, 0.2) is 0 Å². The second kappa shape index (κ2) is 6.87. The molecule has 0 radical (unpaired) electrons. The Balaban J connectivity index is 2.00. The third-order valence-corrected chi connectivity index (χ3v) is 3.26. The average Bonchev–Trinajstić information content (AvgIpc) is 3.02. The lowest BCUT2D eigenvalue weighted by atomic mass is 10.2. The van der Waals surface area contributed by atoms with Gasteiger partial charge in [0.2, 0.25) is 17.8 Å². The average molecular weight is 310 g/mol. The van der Waals surface area contributed by atoms with E-state index in [9.17, 15) is 9.59 Å². The Morgan fingerprint density at radius 1 is 1.27 bits per heavy atom. The molecule has 2 heterocycles. The minimum absolute atomic E-state index is 0.0676. The molecule has 10 nitrogen and oxygen atoms in total. The number of aromatic nitrogens is 3. The van der Waals surface area contributed by atoms with Crippen LogP contribution < -0.4 is 20.5 Å². The van der Waals surface area contributed by atoms with Gasteiger partial charge < -0.3 is 25.4 Å². The van der Waals surface area contributed by atoms with E-state index in [-0.39, 0.29) is 30.4 Å². The molecular formula is C12H18N6O4. The van der Waals surface area contributed by atoms with Crippen molar-refractivity contribution in [1.29, 1.82) is 0 Å². The molecule has 0 aliphatic carbocycles. The minimum atomic E-state index is -0.545. The van der Waals surface area contributed by atoms with Crippen LogP contribution in [-0.4, -0.2) is 65.0 Å². The van der Waals surface area contributed by atoms with Gasteiger partial charge >= 0.3 is 12.0 Å². The Morgan fingerprint density at radius 2 is 1.91 bits per heavy atom. The number of carbonyl (C=O) groups is 2. The Labute approximate surface area is 127 Å². The molecule has 1 fully saturated rings. The van der Waals surface area contributed by atoms with Crippen LogP contribution in [0.1, 0.15) is 12.8 Å². The highest BCUT2D eigenvalue weighted by Gasteiger charge is 2.32. The van der Waals surface area contributed by atoms with E-state index in [0.29, 0.717) is 13.0 Å². The highest BCUT2D eigenvalue weighted by atomic mass is 16.5. The monoisotopic (exact) mass is 310 g/mol. The first kappa shape index (κ1) is 15.7. The standard InChI is InChI=1S/C12H18N6O4/c1-21-11-15-10(16-12(17-11)22-2)14-6-8(19)18-5-3-4-7(18)9(13)20/h7H,3-6H2,1-2H3,(H2,13,20)(H,14,15,16,17)/t7-/m0/s1. The molecule has 22 heavy (non-hydrogen) atoms. The van der Waals surface area contributed by atoms with E-state index in [0.717, 1.165) is 6.42 Å². The predicted octanol–water partition coefficient (Wildman–Crippen LogP) is -1.22. The first-order chi connectivity index (χ1) is 10.5. The number of hydrogen-bond acceptors (Lipinski definition) is 8. The zero-order chi connectivity index (χ0) is 16.1. The summed E-state index contributed by atoms with van der Waals surface area (Å²) in [5, 5.41) is 2.76. The number of amides is 2. The summed E-state index contributed by atoms with van der Waals surface area (Å²) < 4.78 is 9.83. The fourth-order valence-electron chi connectivity index (χ4n) is 2.22. The van der Waals surface area contributed by atoms with E-state index in [1.54, 1.807) is 0 Å². The van der Waals surface area contributed by atoms with E-state index in [4.69, 9.17) is 15.2 Å². The molecule has 2 rings (SSSR count). The molecule has 1 atom stereocenters. The molecule has 1 aliphatic rings. The van der Waals surface area contributed by atoms with Crippen LogP contribution in [-0.2, 0) is 9.59 Å². The molecule has 0 spiro atoms. The number of carbonyl (C=O) groups excluding carboxylic acids is 2. The summed E-state index contributed by atoms with van der Waals surface area (Å²) in [6.45, 7) is 0.443. The van der Waals surface area contributed by atoms with E-state index in [1.807, 2.05) is 0 Å². The lowest BCUT2D eigenvalue weighted by Crippen LogP contribution is -2.45. The van der Waals surface area contributed by atoms with Crippen molar-refractivity contribution in [3.05, 3.63) is 0 Å². The summed E-state index contributed by atoms with van der Waals surface area (Å²) in [6, 6.07) is -0.410. The maximum absolute atomic E-state index is 12.2. The van der Waals surface area contributed by atoms with Gasteiger partial charge in [0, 0.05) is 6.54 Å². The highest BCUT2D eigenvalue weighted by molar-refractivity contribution is 5.88. The number of methoxy groups -OCH3 is 2. The number of nitrogens with zero attached hydrogens (tertiary/aromatic N) is 4. The zero-order valence-corrected chi connectivity index (χ0v) is 12.4. The Morgan fingerprint density at radius 3 is 2.45 bits per heavy atom. The summed E-state index contributed by atoms with van der Waals surface area (Å²) >= 11 is 0. The van der Waals surface area contributed by atoms with Crippen molar-refractivity contribution >= 4 is 17.8 Å². The molecule has 0 aromatic carbocycles. The fourth-order valence-corrected chi connectivity index (χ4v) is 2.22. The maximum atomic E-state index is 12.2. The van der Waals surface area contributed by atoms with Gasteiger partial charge in [0.15, 0.2) is 0 Å². The van der Waals surface area contributed by atoms with Crippen LogP contribution in [0.25, 0.3) is 0 Å². The van der Waals surface area contributed by atoms with Gasteiger partial charge in [-0.25, -0.2) is 0 Å². The van der Waals surface area contributed by atoms with Crippen LogP contribution in [0.5, 0.6) is 12.0 Å². The van der Waals surface area contributed by atoms with Crippen molar-refractivity contribution in [3.8, 4) is 12.0 Å². The number of primary amides is 1. The molecule has 1 saturated heterocycles. The maximum Gasteiger partial charge on any atom is 0.324 e. The van der Waals surface area contributed by atoms with Gasteiger partial charge in [0.05, 0.1) is 20.8 Å². The predicted molar refractivity (Wildman–Crippen MR) is 75.4 cm³/mol. The third-order valence-electron chi connectivity index (χ3n) is 3.26. The molecule has 0 bridgehead atoms. The molecule has 1 aliphatic heterocycles. The largest absolute Gasteiger partial charge is 0.467 e. The molecular weight excluding hydrogens is 292 g/mol. The van der Waals surface area contributed by atoms with Gasteiger partial charge in [-0.05, 0) is 12.8 Å². The number of rotatable bonds is 6. The SMILES string of the molecule is COc1nc(NCC(=O)N2CCC[C@H]2C(N)=O)nc(OC)n1. The van der Waals surface area contributed by atoms with Crippen molar-refractivity contribution in [2.45, 2.75) is 18.9 Å². The van der Waals surface area contributed by atoms with Gasteiger partial charge in [-0.15, -0.1) is 4.98 Å². The van der Waals surface area contributed by atoms with Gasteiger partial charge in [-0.3, -0.25) is 9.59 Å². The quantitative estimate of drug-likeness (QED) is 0.668. The van der Waals surface area contributed by atoms with Crippen molar-refractivity contribution < 1.29 is 19.1 Å². The molecule has 1 aromatic heterocycles. The molecule has 0 unspecified atom stereocenters. The first-order valence-corrected chi connectivity index (χ1v) is 6.72. The van der Waals surface area contributed by atoms with E-state index in [2.05, 4.69) is 20.3 Å². The Bertz CT molecular complexity index is 544. The van der Waals surface area contributed by atoms with Gasteiger partial charge in [0.1, 0.15) is 6.04 Å². The lowest BCUT2D eigenvalue weighted by molar-refractivity contribution is -0.135. The van der Waals surface area contributed by atoms with Gasteiger partial charge in [-0.2, -0.15) is 9.97 Å². The highest BCUT2D eigenvalue weighted by Crippen LogP contribution is 2.17. The Kier molecular flexibility index (Phi) is 4.92. The van der Waals surface area contributed by atoms with Crippen molar-refractivity contribution in [3.63, 3.8) is 0 Å². The normalized spacial score (nSPS) is 17.2. The van der Waals surface area contributed by atoms with Crippen LogP contribution >= 0.6 is 0 Å². The second-order valence-electron chi connectivity index (χ2n) is 4.63. The minimum Gasteiger partial charge on any atom is -0.467 e. The van der Waals surface area contributed by atoms with Crippen LogP contribution in [0.2, 0.25) is 0 Å². The van der Waals surface area contributed by atoms with E-state index in [1.165, 1.54) is 19.1 Å². The number of nitrogens with two attached hydrogens (primary N) is 1. The lowest BCUT2D eigenvalue weighted by Gasteiger charge is -2.22. The summed E-state index contributed by atoms with van der Waals surface area (Å²) in [5.41, 5.74) is 5.29. The summed E-state index contributed by atoms with van der Waals surface area (Å²) in [6.07, 6.45) is 1.35. The van der Waals surface area contributed by atoms with Crippen LogP contribution in [0, 0.1) is 0 Å². The van der Waals surface area contributed by atoms with Crippen LogP contribution in [0.3, 0.4) is 0 Å². The Hall–Kier alpha value is -2.65. The number of likely N-dealkylation sites (tertiary alicyclic amines) is 1. The summed E-state index contributed by atoms with van der Waals surface area (Å²) in [4.78, 5) is 36.7. The smallest absolute Gasteiger partial charge is 0.324 e. The molecule has 3 N–H and O–H groups in total. The topological polar surface area (TPSA) is 133 Å². The van der Waals surface area contributed by atoms with Gasteiger partial charge in [-0.1, -0.05) is 0 Å². The molecule has 10 heteroatoms. The number of anilines is 1.